The Morgan fingerprint density at radius 2 is 2.15 bits per heavy atom. The van der Waals surface area contributed by atoms with Crippen molar-refractivity contribution in [3.8, 4) is 0 Å². The summed E-state index contributed by atoms with van der Waals surface area (Å²) in [6.07, 6.45) is 5.85. The summed E-state index contributed by atoms with van der Waals surface area (Å²) in [6.45, 7) is -0.0503. The zero-order chi connectivity index (χ0) is 9.00. The van der Waals surface area contributed by atoms with Crippen molar-refractivity contribution in [1.82, 2.24) is 0 Å². The summed E-state index contributed by atoms with van der Waals surface area (Å²) in [5.41, 5.74) is 0.687. The predicted molar refractivity (Wildman–Crippen MR) is 48.0 cm³/mol. The van der Waals surface area contributed by atoms with E-state index in [1.165, 1.54) is 19.3 Å². The number of aliphatic hydroxyl groups is 1. The van der Waals surface area contributed by atoms with Crippen LogP contribution < -0.4 is 0 Å². The molecule has 0 aliphatic heterocycles. The lowest BCUT2D eigenvalue weighted by Crippen LogP contribution is -2.24. The summed E-state index contributed by atoms with van der Waals surface area (Å²) < 4.78 is 0. The first-order valence-corrected chi connectivity index (χ1v) is 5.17. The molecule has 0 radical (unpaired) electrons. The van der Waals surface area contributed by atoms with Gasteiger partial charge in [0.1, 0.15) is 0 Å². The number of aliphatic hydroxyl groups excluding tert-OH is 1. The Labute approximate surface area is 77.6 Å². The van der Waals surface area contributed by atoms with Gasteiger partial charge in [0.05, 0.1) is 6.61 Å². The van der Waals surface area contributed by atoms with Crippen LogP contribution in [0.3, 0.4) is 0 Å². The van der Waals surface area contributed by atoms with Crippen molar-refractivity contribution in [2.45, 2.75) is 19.3 Å². The topological polar surface area (TPSA) is 37.3 Å². The normalized spacial score (nSPS) is 46.8. The monoisotopic (exact) mass is 178 g/mol. The Hall–Kier alpha value is -0.630. The van der Waals surface area contributed by atoms with Crippen LogP contribution >= 0.6 is 0 Å². The van der Waals surface area contributed by atoms with Gasteiger partial charge in [-0.2, -0.15) is 0 Å². The molecule has 1 N–H and O–H groups in total. The van der Waals surface area contributed by atoms with Gasteiger partial charge in [-0.15, -0.1) is 0 Å². The minimum Gasteiger partial charge on any atom is -0.392 e. The molecule has 0 amide bonds. The van der Waals surface area contributed by atoms with Crippen molar-refractivity contribution in [2.24, 2.45) is 23.7 Å². The highest BCUT2D eigenvalue weighted by atomic mass is 16.3. The van der Waals surface area contributed by atoms with E-state index < -0.39 is 0 Å². The Morgan fingerprint density at radius 3 is 2.85 bits per heavy atom. The summed E-state index contributed by atoms with van der Waals surface area (Å²) in [6, 6.07) is 0. The number of carbonyl (C=O) groups is 1. The third-order valence-electron chi connectivity index (χ3n) is 4.16. The van der Waals surface area contributed by atoms with Gasteiger partial charge >= 0.3 is 0 Å². The van der Waals surface area contributed by atoms with Gasteiger partial charge in [-0.3, -0.25) is 4.79 Å². The van der Waals surface area contributed by atoms with E-state index in [1.807, 2.05) is 0 Å². The summed E-state index contributed by atoms with van der Waals surface area (Å²) in [4.78, 5) is 11.8. The molecule has 0 spiro atoms. The molecular formula is C11H14O2. The molecule has 70 valence electrons. The van der Waals surface area contributed by atoms with E-state index in [1.54, 1.807) is 0 Å². The zero-order valence-electron chi connectivity index (χ0n) is 7.57. The summed E-state index contributed by atoms with van der Waals surface area (Å²) in [5.74, 6) is 2.40. The van der Waals surface area contributed by atoms with E-state index in [0.717, 1.165) is 5.92 Å². The maximum absolute atomic E-state index is 11.8. The molecule has 2 bridgehead atoms. The van der Waals surface area contributed by atoms with Crippen LogP contribution in [0.4, 0.5) is 0 Å². The molecule has 0 aromatic carbocycles. The Bertz CT molecular complexity index is 292. The first kappa shape index (κ1) is 7.74. The van der Waals surface area contributed by atoms with Crippen LogP contribution in [-0.2, 0) is 4.79 Å². The third kappa shape index (κ3) is 0.845. The molecular weight excluding hydrogens is 164 g/mol. The number of Topliss-reactive ketones (excluding diaryl/α,β-unsaturated/α-hetero) is 1. The molecule has 3 rings (SSSR count). The fourth-order valence-electron chi connectivity index (χ4n) is 3.62. The lowest BCUT2D eigenvalue weighted by molar-refractivity contribution is -0.120. The highest BCUT2D eigenvalue weighted by Gasteiger charge is 2.52. The molecule has 2 heteroatoms. The van der Waals surface area contributed by atoms with Crippen molar-refractivity contribution in [1.29, 1.82) is 0 Å². The van der Waals surface area contributed by atoms with Crippen LogP contribution in [0.2, 0.25) is 0 Å². The quantitative estimate of drug-likeness (QED) is 0.654. The van der Waals surface area contributed by atoms with Gasteiger partial charge in [0.25, 0.3) is 0 Å². The SMILES string of the molecule is O=C1C(CO)=CC2C3CCC(C3)C12. The average molecular weight is 178 g/mol. The highest BCUT2D eigenvalue weighted by Crippen LogP contribution is 2.56. The number of carbonyl (C=O) groups excluding carboxylic acids is 1. The van der Waals surface area contributed by atoms with Crippen molar-refractivity contribution in [3.63, 3.8) is 0 Å². The minimum absolute atomic E-state index is 0.0503. The highest BCUT2D eigenvalue weighted by molar-refractivity contribution is 6.00. The van der Waals surface area contributed by atoms with Crippen molar-refractivity contribution in [3.05, 3.63) is 11.6 Å². The van der Waals surface area contributed by atoms with Crippen LogP contribution in [0.25, 0.3) is 0 Å². The fourth-order valence-corrected chi connectivity index (χ4v) is 3.62. The van der Waals surface area contributed by atoms with Crippen molar-refractivity contribution in [2.75, 3.05) is 6.61 Å². The average Bonchev–Trinajstić information content (AvgIpc) is 2.76. The summed E-state index contributed by atoms with van der Waals surface area (Å²) in [5, 5.41) is 9.00. The van der Waals surface area contributed by atoms with Crippen LogP contribution in [0.15, 0.2) is 11.6 Å². The number of hydrogen-bond donors (Lipinski definition) is 1. The van der Waals surface area contributed by atoms with Crippen LogP contribution in [0.1, 0.15) is 19.3 Å². The van der Waals surface area contributed by atoms with Crippen molar-refractivity contribution >= 4 is 5.78 Å². The van der Waals surface area contributed by atoms with Crippen molar-refractivity contribution < 1.29 is 9.90 Å². The molecule has 3 aliphatic carbocycles. The van der Waals surface area contributed by atoms with Crippen LogP contribution in [-0.4, -0.2) is 17.5 Å². The lowest BCUT2D eigenvalue weighted by atomic mass is 9.81. The minimum atomic E-state index is -0.0503. The van der Waals surface area contributed by atoms with Gasteiger partial charge in [-0.05, 0) is 37.0 Å². The largest absolute Gasteiger partial charge is 0.392 e. The van der Waals surface area contributed by atoms with Gasteiger partial charge < -0.3 is 5.11 Å². The molecule has 2 fully saturated rings. The van der Waals surface area contributed by atoms with E-state index in [2.05, 4.69) is 6.08 Å². The molecule has 0 aromatic rings. The molecule has 3 aliphatic rings. The maximum Gasteiger partial charge on any atom is 0.164 e. The number of allylic oxidation sites excluding steroid dienone is 1. The second-order valence-corrected chi connectivity index (χ2v) is 4.65. The first-order valence-electron chi connectivity index (χ1n) is 5.17. The fraction of sp³-hybridized carbons (Fsp3) is 0.727. The van der Waals surface area contributed by atoms with E-state index in [0.29, 0.717) is 17.4 Å². The van der Waals surface area contributed by atoms with E-state index >= 15 is 0 Å². The second-order valence-electron chi connectivity index (χ2n) is 4.65. The Kier molecular flexibility index (Phi) is 1.46. The van der Waals surface area contributed by atoms with Gasteiger partial charge in [0.15, 0.2) is 5.78 Å². The van der Waals surface area contributed by atoms with E-state index in [4.69, 9.17) is 5.11 Å². The molecule has 0 heterocycles. The number of rotatable bonds is 1. The molecule has 13 heavy (non-hydrogen) atoms. The van der Waals surface area contributed by atoms with Crippen LogP contribution in [0, 0.1) is 23.7 Å². The summed E-state index contributed by atoms with van der Waals surface area (Å²) >= 11 is 0. The molecule has 4 atom stereocenters. The lowest BCUT2D eigenvalue weighted by Gasteiger charge is -2.22. The first-order chi connectivity index (χ1) is 6.31. The molecule has 0 aromatic heterocycles. The Balaban J connectivity index is 1.96. The number of ketones is 1. The molecule has 0 saturated heterocycles. The third-order valence-corrected chi connectivity index (χ3v) is 4.16. The van der Waals surface area contributed by atoms with Crippen LogP contribution in [0.5, 0.6) is 0 Å². The second kappa shape index (κ2) is 2.44. The maximum atomic E-state index is 11.8. The van der Waals surface area contributed by atoms with E-state index in [-0.39, 0.29) is 18.3 Å². The van der Waals surface area contributed by atoms with Gasteiger partial charge in [-0.1, -0.05) is 6.08 Å². The van der Waals surface area contributed by atoms with Gasteiger partial charge in [0.2, 0.25) is 0 Å². The van der Waals surface area contributed by atoms with Gasteiger partial charge in [0, 0.05) is 11.5 Å². The number of hydrogen-bond acceptors (Lipinski definition) is 2. The predicted octanol–water partition coefficient (Wildman–Crippen LogP) is 1.15. The zero-order valence-corrected chi connectivity index (χ0v) is 7.57. The standard InChI is InChI=1S/C11H14O2/c12-5-8-4-9-6-1-2-7(3-6)10(9)11(8)13/h4,6-7,9-10,12H,1-3,5H2. The molecule has 2 nitrogen and oxygen atoms in total. The molecule has 4 unspecified atom stereocenters. The summed E-state index contributed by atoms with van der Waals surface area (Å²) in [7, 11) is 0. The number of fused-ring (bicyclic) bond motifs is 5. The smallest absolute Gasteiger partial charge is 0.164 e. The van der Waals surface area contributed by atoms with E-state index in [9.17, 15) is 4.79 Å². The van der Waals surface area contributed by atoms with Gasteiger partial charge in [-0.25, -0.2) is 0 Å². The molecule has 2 saturated carbocycles. The Morgan fingerprint density at radius 1 is 1.38 bits per heavy atom.